The molecule has 1 aromatic carbocycles. The van der Waals surface area contributed by atoms with E-state index in [0.717, 1.165) is 12.8 Å². The van der Waals surface area contributed by atoms with Gasteiger partial charge in [0.25, 0.3) is 5.91 Å². The molecule has 0 saturated heterocycles. The van der Waals surface area contributed by atoms with Crippen molar-refractivity contribution in [2.24, 2.45) is 11.8 Å². The van der Waals surface area contributed by atoms with Crippen molar-refractivity contribution in [2.45, 2.75) is 39.2 Å². The monoisotopic (exact) mass is 323 g/mol. The average Bonchev–Trinajstić information content (AvgIpc) is 2.50. The third-order valence-electron chi connectivity index (χ3n) is 4.47. The molecule has 3 atom stereocenters. The summed E-state index contributed by atoms with van der Waals surface area (Å²) in [6.07, 6.45) is 3.32. The lowest BCUT2D eigenvalue weighted by Gasteiger charge is -2.34. The van der Waals surface area contributed by atoms with Crippen LogP contribution in [0, 0.1) is 11.8 Å². The first kappa shape index (κ1) is 16.8. The van der Waals surface area contributed by atoms with E-state index in [1.807, 2.05) is 0 Å². The van der Waals surface area contributed by atoms with E-state index in [-0.39, 0.29) is 18.6 Å². The second-order valence-electron chi connectivity index (χ2n) is 6.02. The highest BCUT2D eigenvalue weighted by Crippen LogP contribution is 2.29. The van der Waals surface area contributed by atoms with Gasteiger partial charge < -0.3 is 10.1 Å². The number of benzene rings is 1. The Morgan fingerprint density at radius 3 is 2.59 bits per heavy atom. The lowest BCUT2D eigenvalue weighted by molar-refractivity contribution is -0.125. The van der Waals surface area contributed by atoms with E-state index in [0.29, 0.717) is 22.4 Å². The van der Waals surface area contributed by atoms with Crippen molar-refractivity contribution in [1.29, 1.82) is 0 Å². The number of rotatable bonds is 4. The predicted octanol–water partition coefficient (Wildman–Crippen LogP) is 3.44. The van der Waals surface area contributed by atoms with Gasteiger partial charge in [-0.2, -0.15) is 0 Å². The Hall–Kier alpha value is -1.55. The summed E-state index contributed by atoms with van der Waals surface area (Å²) in [5, 5.41) is 3.53. The van der Waals surface area contributed by atoms with Crippen molar-refractivity contribution in [3.05, 3.63) is 34.9 Å². The number of hydrogen-bond acceptors (Lipinski definition) is 3. The van der Waals surface area contributed by atoms with Crippen molar-refractivity contribution < 1.29 is 14.3 Å². The summed E-state index contributed by atoms with van der Waals surface area (Å²) in [5.41, 5.74) is 0.386. The second kappa shape index (κ2) is 7.63. The number of hydrogen-bond donors (Lipinski definition) is 1. The number of carbonyl (C=O) groups excluding carboxylic acids is 2. The van der Waals surface area contributed by atoms with Crippen molar-refractivity contribution in [1.82, 2.24) is 5.32 Å². The third-order valence-corrected chi connectivity index (χ3v) is 4.72. The molecule has 1 amide bonds. The molecule has 120 valence electrons. The van der Waals surface area contributed by atoms with Crippen LogP contribution in [0.2, 0.25) is 5.02 Å². The Morgan fingerprint density at radius 1 is 1.23 bits per heavy atom. The van der Waals surface area contributed by atoms with Gasteiger partial charge in [0, 0.05) is 11.1 Å². The minimum atomic E-state index is -0.517. The van der Waals surface area contributed by atoms with E-state index in [1.54, 1.807) is 24.3 Å². The largest absolute Gasteiger partial charge is 0.452 e. The zero-order valence-corrected chi connectivity index (χ0v) is 13.7. The Labute approximate surface area is 136 Å². The highest BCUT2D eigenvalue weighted by Gasteiger charge is 2.28. The van der Waals surface area contributed by atoms with Gasteiger partial charge in [-0.25, -0.2) is 4.79 Å². The number of esters is 1. The number of nitrogens with one attached hydrogen (secondary N) is 1. The van der Waals surface area contributed by atoms with Gasteiger partial charge in [0.15, 0.2) is 6.61 Å². The second-order valence-corrected chi connectivity index (χ2v) is 6.46. The maximum atomic E-state index is 11.9. The molecule has 1 aliphatic rings. The summed E-state index contributed by atoms with van der Waals surface area (Å²) in [6.45, 7) is 4.12. The van der Waals surface area contributed by atoms with E-state index >= 15 is 0 Å². The Morgan fingerprint density at radius 2 is 1.91 bits per heavy atom. The molecule has 2 rings (SSSR count). The lowest BCUT2D eigenvalue weighted by atomic mass is 9.78. The van der Waals surface area contributed by atoms with E-state index in [4.69, 9.17) is 16.3 Å². The Balaban J connectivity index is 1.80. The first-order valence-corrected chi connectivity index (χ1v) is 8.07. The summed E-state index contributed by atoms with van der Waals surface area (Å²) in [7, 11) is 0. The molecule has 1 fully saturated rings. The highest BCUT2D eigenvalue weighted by atomic mass is 35.5. The summed E-state index contributed by atoms with van der Waals surface area (Å²) >= 11 is 5.76. The molecular formula is C17H22ClNO3. The molecule has 0 heterocycles. The van der Waals surface area contributed by atoms with Crippen LogP contribution in [0.5, 0.6) is 0 Å². The molecule has 1 N–H and O–H groups in total. The molecule has 5 heteroatoms. The first-order valence-electron chi connectivity index (χ1n) is 7.69. The average molecular weight is 324 g/mol. The molecular weight excluding hydrogens is 302 g/mol. The highest BCUT2D eigenvalue weighted by molar-refractivity contribution is 6.30. The summed E-state index contributed by atoms with van der Waals surface area (Å²) < 4.78 is 5.04. The van der Waals surface area contributed by atoms with E-state index in [1.165, 1.54) is 6.42 Å². The Bertz CT molecular complexity index is 529. The summed E-state index contributed by atoms with van der Waals surface area (Å²) in [6, 6.07) is 6.55. The van der Waals surface area contributed by atoms with Gasteiger partial charge in [0.05, 0.1) is 5.56 Å². The van der Waals surface area contributed by atoms with Gasteiger partial charge in [-0.05, 0) is 42.5 Å². The standard InChI is InChI=1S/C17H22ClNO3/c1-11-4-3-5-15(12(11)2)19-16(20)10-22-17(21)13-6-8-14(18)9-7-13/h6-9,11-12,15H,3-5,10H2,1-2H3,(H,19,20)/t11-,12-,15+/m0/s1. The smallest absolute Gasteiger partial charge is 0.338 e. The maximum absolute atomic E-state index is 11.9. The van der Waals surface area contributed by atoms with Gasteiger partial charge in [0.1, 0.15) is 0 Å². The topological polar surface area (TPSA) is 55.4 Å². The van der Waals surface area contributed by atoms with Crippen LogP contribution in [0.25, 0.3) is 0 Å². The fourth-order valence-electron chi connectivity index (χ4n) is 2.83. The summed E-state index contributed by atoms with van der Waals surface area (Å²) in [5.74, 6) is 0.297. The van der Waals surface area contributed by atoms with Crippen LogP contribution in [0.1, 0.15) is 43.5 Å². The molecule has 0 aromatic heterocycles. The molecule has 1 saturated carbocycles. The van der Waals surface area contributed by atoms with Crippen LogP contribution in [-0.2, 0) is 9.53 Å². The molecule has 0 bridgehead atoms. The molecule has 0 aliphatic heterocycles. The van der Waals surface area contributed by atoms with Crippen LogP contribution < -0.4 is 5.32 Å². The lowest BCUT2D eigenvalue weighted by Crippen LogP contribution is -2.45. The van der Waals surface area contributed by atoms with Crippen LogP contribution in [-0.4, -0.2) is 24.5 Å². The first-order chi connectivity index (χ1) is 10.5. The molecule has 1 aliphatic carbocycles. The van der Waals surface area contributed by atoms with Crippen molar-refractivity contribution in [3.8, 4) is 0 Å². The third kappa shape index (κ3) is 4.47. The van der Waals surface area contributed by atoms with Crippen molar-refractivity contribution >= 4 is 23.5 Å². The molecule has 4 nitrogen and oxygen atoms in total. The SMILES string of the molecule is C[C@H]1[C@@H](C)CCC[C@H]1NC(=O)COC(=O)c1ccc(Cl)cc1. The zero-order chi connectivity index (χ0) is 16.1. The number of carbonyl (C=O) groups is 2. The Kier molecular flexibility index (Phi) is 5.83. The summed E-state index contributed by atoms with van der Waals surface area (Å²) in [4.78, 5) is 23.8. The van der Waals surface area contributed by atoms with Crippen LogP contribution >= 0.6 is 11.6 Å². The molecule has 1 aromatic rings. The molecule has 0 spiro atoms. The van der Waals surface area contributed by atoms with Crippen LogP contribution in [0.4, 0.5) is 0 Å². The maximum Gasteiger partial charge on any atom is 0.338 e. The van der Waals surface area contributed by atoms with Crippen molar-refractivity contribution in [2.75, 3.05) is 6.61 Å². The molecule has 22 heavy (non-hydrogen) atoms. The van der Waals surface area contributed by atoms with Gasteiger partial charge in [0.2, 0.25) is 0 Å². The number of halogens is 1. The van der Waals surface area contributed by atoms with Crippen molar-refractivity contribution in [3.63, 3.8) is 0 Å². The van der Waals surface area contributed by atoms with Gasteiger partial charge >= 0.3 is 5.97 Å². The van der Waals surface area contributed by atoms with Gasteiger partial charge in [-0.1, -0.05) is 38.3 Å². The minimum Gasteiger partial charge on any atom is -0.452 e. The van der Waals surface area contributed by atoms with Gasteiger partial charge in [-0.15, -0.1) is 0 Å². The molecule has 0 unspecified atom stereocenters. The van der Waals surface area contributed by atoms with Crippen LogP contribution in [0.3, 0.4) is 0 Å². The number of ether oxygens (including phenoxy) is 1. The van der Waals surface area contributed by atoms with Crippen LogP contribution in [0.15, 0.2) is 24.3 Å². The van der Waals surface area contributed by atoms with E-state index in [9.17, 15) is 9.59 Å². The van der Waals surface area contributed by atoms with Gasteiger partial charge in [-0.3, -0.25) is 4.79 Å². The number of amides is 1. The predicted molar refractivity (Wildman–Crippen MR) is 85.8 cm³/mol. The van der Waals surface area contributed by atoms with E-state index in [2.05, 4.69) is 19.2 Å². The van der Waals surface area contributed by atoms with E-state index < -0.39 is 5.97 Å². The fourth-order valence-corrected chi connectivity index (χ4v) is 2.96. The minimum absolute atomic E-state index is 0.172. The fraction of sp³-hybridized carbons (Fsp3) is 0.529. The quantitative estimate of drug-likeness (QED) is 0.864. The molecule has 0 radical (unpaired) electrons. The zero-order valence-electron chi connectivity index (χ0n) is 13.0. The normalized spacial score (nSPS) is 24.6.